The number of hydrogen-bond acceptors (Lipinski definition) is 6. The van der Waals surface area contributed by atoms with Gasteiger partial charge in [0.2, 0.25) is 5.89 Å². The van der Waals surface area contributed by atoms with Gasteiger partial charge in [-0.15, -0.1) is 0 Å². The van der Waals surface area contributed by atoms with Crippen LogP contribution in [0.5, 0.6) is 0 Å². The van der Waals surface area contributed by atoms with Gasteiger partial charge in [-0.2, -0.15) is 4.98 Å². The van der Waals surface area contributed by atoms with Gasteiger partial charge in [-0.05, 0) is 29.1 Å². The maximum absolute atomic E-state index is 12.5. The highest BCUT2D eigenvalue weighted by atomic mass is 16.5. The molecule has 9 heteroatoms. The molecule has 120 valence electrons. The molecule has 0 N–H and O–H groups in total. The van der Waals surface area contributed by atoms with Crippen molar-refractivity contribution in [3.8, 4) is 0 Å². The first-order chi connectivity index (χ1) is 11.7. The van der Waals surface area contributed by atoms with Crippen molar-refractivity contribution in [2.24, 2.45) is 10.1 Å². The Labute approximate surface area is 136 Å². The zero-order valence-electron chi connectivity index (χ0n) is 12.6. The number of benzene rings is 1. The van der Waals surface area contributed by atoms with Gasteiger partial charge in [0.25, 0.3) is 11.9 Å². The van der Waals surface area contributed by atoms with Crippen molar-refractivity contribution in [3.63, 3.8) is 0 Å². The van der Waals surface area contributed by atoms with Crippen molar-refractivity contribution in [3.05, 3.63) is 46.2 Å². The van der Waals surface area contributed by atoms with Crippen LogP contribution < -0.4 is 4.90 Å². The number of hydrogen-bond donors (Lipinski definition) is 0. The molecule has 0 bridgehead atoms. The number of amides is 1. The van der Waals surface area contributed by atoms with Crippen molar-refractivity contribution in [2.45, 2.75) is 31.2 Å². The fourth-order valence-corrected chi connectivity index (χ4v) is 2.51. The molecule has 1 unspecified atom stereocenters. The Morgan fingerprint density at radius 1 is 1.33 bits per heavy atom. The van der Waals surface area contributed by atoms with E-state index in [-0.39, 0.29) is 11.9 Å². The van der Waals surface area contributed by atoms with E-state index in [0.717, 1.165) is 18.4 Å². The molecule has 4 rings (SSSR count). The zero-order valence-corrected chi connectivity index (χ0v) is 12.6. The number of azide groups is 1. The summed E-state index contributed by atoms with van der Waals surface area (Å²) < 4.78 is 5.18. The fourth-order valence-electron chi connectivity index (χ4n) is 2.51. The molecule has 1 amide bonds. The van der Waals surface area contributed by atoms with E-state index in [1.54, 1.807) is 12.1 Å². The summed E-state index contributed by atoms with van der Waals surface area (Å²) in [5, 5.41) is 7.38. The van der Waals surface area contributed by atoms with Gasteiger partial charge < -0.3 is 4.52 Å². The lowest BCUT2D eigenvalue weighted by molar-refractivity contribution is -0.118. The summed E-state index contributed by atoms with van der Waals surface area (Å²) >= 11 is 0. The topological polar surface area (TPSA) is 120 Å². The Morgan fingerprint density at radius 3 is 2.83 bits per heavy atom. The van der Waals surface area contributed by atoms with E-state index in [1.807, 2.05) is 12.1 Å². The molecule has 0 saturated heterocycles. The number of aromatic nitrogens is 2. The van der Waals surface area contributed by atoms with Crippen LogP contribution in [0.3, 0.4) is 0 Å². The van der Waals surface area contributed by atoms with Gasteiger partial charge in [-0.3, -0.25) is 9.79 Å². The average molecular weight is 323 g/mol. The van der Waals surface area contributed by atoms with Crippen LogP contribution in [-0.2, 0) is 11.2 Å². The Bertz CT molecular complexity index is 847. The van der Waals surface area contributed by atoms with Crippen LogP contribution in [0, 0.1) is 0 Å². The third-order valence-corrected chi connectivity index (χ3v) is 3.98. The van der Waals surface area contributed by atoms with Gasteiger partial charge in [0.1, 0.15) is 12.4 Å². The molecular weight excluding hydrogens is 310 g/mol. The maximum Gasteiger partial charge on any atom is 0.278 e. The van der Waals surface area contributed by atoms with Gasteiger partial charge in [0.05, 0.1) is 0 Å². The zero-order chi connectivity index (χ0) is 16.5. The lowest BCUT2D eigenvalue weighted by Gasteiger charge is -2.10. The van der Waals surface area contributed by atoms with Crippen molar-refractivity contribution in [1.82, 2.24) is 10.1 Å². The predicted octanol–water partition coefficient (Wildman–Crippen LogP) is 2.88. The molecule has 2 aliphatic rings. The summed E-state index contributed by atoms with van der Waals surface area (Å²) in [6.07, 6.45) is 4.01. The number of rotatable bonds is 5. The molecule has 24 heavy (non-hydrogen) atoms. The Balaban J connectivity index is 1.44. The normalized spacial score (nSPS) is 19.6. The monoisotopic (exact) mass is 323 g/mol. The maximum atomic E-state index is 12.5. The predicted molar refractivity (Wildman–Crippen MR) is 85.0 cm³/mol. The summed E-state index contributed by atoms with van der Waals surface area (Å²) in [5.74, 6) is 0.985. The SMILES string of the molecule is [N-]=[N+]=Nc1ccc(CC2N=CN(c3noc(C4CC4)n3)C2=O)cc1. The highest BCUT2D eigenvalue weighted by Gasteiger charge is 2.35. The molecule has 1 aliphatic heterocycles. The Kier molecular flexibility index (Phi) is 3.47. The highest BCUT2D eigenvalue weighted by molar-refractivity contribution is 6.13. The second kappa shape index (κ2) is 5.78. The molecule has 1 aromatic heterocycles. The third-order valence-electron chi connectivity index (χ3n) is 3.98. The van der Waals surface area contributed by atoms with Gasteiger partial charge >= 0.3 is 0 Å². The van der Waals surface area contributed by atoms with E-state index >= 15 is 0 Å². The lowest BCUT2D eigenvalue weighted by atomic mass is 10.1. The second-order valence-corrected chi connectivity index (χ2v) is 5.76. The van der Waals surface area contributed by atoms with Crippen molar-refractivity contribution in [1.29, 1.82) is 0 Å². The number of aliphatic imine (C=N–C) groups is 1. The van der Waals surface area contributed by atoms with Crippen LogP contribution in [0.4, 0.5) is 11.6 Å². The summed E-state index contributed by atoms with van der Waals surface area (Å²) in [6.45, 7) is 0. The van der Waals surface area contributed by atoms with Gasteiger partial charge in [0, 0.05) is 22.9 Å². The van der Waals surface area contributed by atoms with Crippen LogP contribution in [0.15, 0.2) is 38.9 Å². The van der Waals surface area contributed by atoms with E-state index < -0.39 is 6.04 Å². The minimum atomic E-state index is -0.516. The van der Waals surface area contributed by atoms with E-state index in [9.17, 15) is 4.79 Å². The summed E-state index contributed by atoms with van der Waals surface area (Å²) in [7, 11) is 0. The van der Waals surface area contributed by atoms with Crippen LogP contribution in [0.25, 0.3) is 10.4 Å². The van der Waals surface area contributed by atoms with Crippen molar-refractivity contribution >= 4 is 23.9 Å². The number of carbonyl (C=O) groups is 1. The van der Waals surface area contributed by atoms with Crippen LogP contribution in [0.2, 0.25) is 0 Å². The molecule has 1 saturated carbocycles. The molecule has 9 nitrogen and oxygen atoms in total. The molecular formula is C15H13N7O2. The fraction of sp³-hybridized carbons (Fsp3) is 0.333. The standard InChI is InChI=1S/C15H13N7O2/c16-21-19-11-5-1-9(2-6-11)7-12-14(23)22(8-17-12)15-18-13(24-20-15)10-3-4-10/h1-2,5-6,8,10,12H,3-4,7H2. The molecule has 1 aliphatic carbocycles. The largest absolute Gasteiger partial charge is 0.337 e. The Morgan fingerprint density at radius 2 is 2.12 bits per heavy atom. The minimum absolute atomic E-state index is 0.183. The quantitative estimate of drug-likeness (QED) is 0.477. The van der Waals surface area contributed by atoms with Crippen LogP contribution in [-0.4, -0.2) is 28.4 Å². The first-order valence-corrected chi connectivity index (χ1v) is 7.58. The van der Waals surface area contributed by atoms with Crippen molar-refractivity contribution < 1.29 is 9.32 Å². The summed E-state index contributed by atoms with van der Waals surface area (Å²) in [5.41, 5.74) is 9.86. The van der Waals surface area contributed by atoms with Gasteiger partial charge in [-0.1, -0.05) is 29.4 Å². The Hall–Kier alpha value is -3.19. The molecule has 0 radical (unpaired) electrons. The first-order valence-electron chi connectivity index (χ1n) is 7.58. The lowest BCUT2D eigenvalue weighted by Crippen LogP contribution is -2.32. The van der Waals surface area contributed by atoms with E-state index in [0.29, 0.717) is 23.9 Å². The molecule has 2 aromatic rings. The van der Waals surface area contributed by atoms with E-state index in [2.05, 4.69) is 25.2 Å². The molecule has 0 spiro atoms. The molecule has 1 aromatic carbocycles. The van der Waals surface area contributed by atoms with Gasteiger partial charge in [-0.25, -0.2) is 4.90 Å². The van der Waals surface area contributed by atoms with Crippen molar-refractivity contribution in [2.75, 3.05) is 4.90 Å². The van der Waals surface area contributed by atoms with Crippen LogP contribution >= 0.6 is 0 Å². The molecule has 2 heterocycles. The van der Waals surface area contributed by atoms with E-state index in [4.69, 9.17) is 10.1 Å². The van der Waals surface area contributed by atoms with Gasteiger partial charge in [0.15, 0.2) is 0 Å². The third kappa shape index (κ3) is 2.72. The summed E-state index contributed by atoms with van der Waals surface area (Å²) in [6, 6.07) is 6.52. The molecule has 1 fully saturated rings. The number of carbonyl (C=O) groups excluding carboxylic acids is 1. The number of anilines is 1. The summed E-state index contributed by atoms with van der Waals surface area (Å²) in [4.78, 5) is 25.1. The van der Waals surface area contributed by atoms with Crippen LogP contribution in [0.1, 0.15) is 30.2 Å². The second-order valence-electron chi connectivity index (χ2n) is 5.76. The average Bonchev–Trinajstić information content (AvgIpc) is 3.23. The highest BCUT2D eigenvalue weighted by Crippen LogP contribution is 2.39. The first kappa shape index (κ1) is 14.4. The minimum Gasteiger partial charge on any atom is -0.337 e. The van der Waals surface area contributed by atoms with E-state index in [1.165, 1.54) is 11.2 Å². The molecule has 1 atom stereocenters. The number of nitrogens with zero attached hydrogens (tertiary/aromatic N) is 7. The smallest absolute Gasteiger partial charge is 0.278 e.